The van der Waals surface area contributed by atoms with Crippen LogP contribution in [0.3, 0.4) is 0 Å². The van der Waals surface area contributed by atoms with Crippen molar-refractivity contribution >= 4 is 17.7 Å². The maximum atomic E-state index is 12.0. The Morgan fingerprint density at radius 1 is 1.17 bits per heavy atom. The summed E-state index contributed by atoms with van der Waals surface area (Å²) < 4.78 is 10.7. The average molecular weight is 327 g/mol. The first-order valence-corrected chi connectivity index (χ1v) is 7.62. The predicted molar refractivity (Wildman–Crippen MR) is 87.1 cm³/mol. The number of hydrogen-bond donors (Lipinski definition) is 2. The van der Waals surface area contributed by atoms with E-state index in [9.17, 15) is 9.59 Å². The van der Waals surface area contributed by atoms with Gasteiger partial charge in [0.05, 0.1) is 5.69 Å². The SMILES string of the molecule is O=C(Nc1cccc2c1OC(C(=O)O)CC2)OCc1ccccc1. The summed E-state index contributed by atoms with van der Waals surface area (Å²) in [6, 6.07) is 14.6. The molecule has 0 bridgehead atoms. The first-order valence-electron chi connectivity index (χ1n) is 7.62. The molecular formula is C18H17NO5. The number of para-hydroxylation sites is 1. The summed E-state index contributed by atoms with van der Waals surface area (Å²) in [6.07, 6.45) is -0.528. The van der Waals surface area contributed by atoms with E-state index >= 15 is 0 Å². The van der Waals surface area contributed by atoms with Gasteiger partial charge in [-0.3, -0.25) is 5.32 Å². The summed E-state index contributed by atoms with van der Waals surface area (Å²) in [5, 5.41) is 11.7. The number of anilines is 1. The number of aliphatic carboxylic acids is 1. The zero-order valence-electron chi connectivity index (χ0n) is 12.9. The van der Waals surface area contributed by atoms with Crippen molar-refractivity contribution in [3.63, 3.8) is 0 Å². The smallest absolute Gasteiger partial charge is 0.412 e. The molecule has 2 aromatic rings. The molecule has 0 radical (unpaired) electrons. The molecule has 0 aliphatic carbocycles. The molecule has 1 unspecified atom stereocenters. The number of carboxylic acid groups (broad SMARTS) is 1. The van der Waals surface area contributed by atoms with E-state index in [4.69, 9.17) is 14.6 Å². The van der Waals surface area contributed by atoms with Crippen LogP contribution >= 0.6 is 0 Å². The van der Waals surface area contributed by atoms with Crippen molar-refractivity contribution in [2.45, 2.75) is 25.6 Å². The molecule has 6 heteroatoms. The molecular weight excluding hydrogens is 310 g/mol. The fourth-order valence-corrected chi connectivity index (χ4v) is 2.55. The number of hydrogen-bond acceptors (Lipinski definition) is 4. The van der Waals surface area contributed by atoms with Gasteiger partial charge in [0.25, 0.3) is 0 Å². The minimum Gasteiger partial charge on any atom is -0.479 e. The first kappa shape index (κ1) is 15.9. The van der Waals surface area contributed by atoms with Crippen molar-refractivity contribution in [1.29, 1.82) is 0 Å². The van der Waals surface area contributed by atoms with Crippen molar-refractivity contribution < 1.29 is 24.2 Å². The maximum absolute atomic E-state index is 12.0. The zero-order valence-corrected chi connectivity index (χ0v) is 12.9. The van der Waals surface area contributed by atoms with Crippen molar-refractivity contribution in [2.75, 3.05) is 5.32 Å². The Hall–Kier alpha value is -3.02. The molecule has 0 saturated carbocycles. The molecule has 1 amide bonds. The van der Waals surface area contributed by atoms with Gasteiger partial charge in [-0.05, 0) is 30.0 Å². The number of nitrogens with one attached hydrogen (secondary N) is 1. The summed E-state index contributed by atoms with van der Waals surface area (Å²) in [7, 11) is 0. The number of rotatable bonds is 4. The summed E-state index contributed by atoms with van der Waals surface area (Å²) in [4.78, 5) is 23.1. The van der Waals surface area contributed by atoms with Gasteiger partial charge in [-0.2, -0.15) is 0 Å². The van der Waals surface area contributed by atoms with Crippen LogP contribution < -0.4 is 10.1 Å². The minimum absolute atomic E-state index is 0.153. The standard InChI is InChI=1S/C18H17NO5/c20-17(21)15-10-9-13-7-4-8-14(16(13)24-15)19-18(22)23-11-12-5-2-1-3-6-12/h1-8,15H,9-11H2,(H,19,22)(H,20,21). The molecule has 1 aliphatic rings. The molecule has 2 aromatic carbocycles. The molecule has 6 nitrogen and oxygen atoms in total. The van der Waals surface area contributed by atoms with Gasteiger partial charge in [-0.25, -0.2) is 9.59 Å². The van der Waals surface area contributed by atoms with Crippen molar-refractivity contribution in [3.8, 4) is 5.75 Å². The van der Waals surface area contributed by atoms with E-state index in [-0.39, 0.29) is 6.61 Å². The molecule has 124 valence electrons. The van der Waals surface area contributed by atoms with Crippen LogP contribution in [-0.4, -0.2) is 23.3 Å². The summed E-state index contributed by atoms with van der Waals surface area (Å²) >= 11 is 0. The van der Waals surface area contributed by atoms with E-state index in [1.54, 1.807) is 12.1 Å². The number of carboxylic acids is 1. The number of amides is 1. The lowest BCUT2D eigenvalue weighted by Crippen LogP contribution is -2.31. The third-order valence-electron chi connectivity index (χ3n) is 3.76. The Morgan fingerprint density at radius 3 is 2.71 bits per heavy atom. The van der Waals surface area contributed by atoms with Gasteiger partial charge >= 0.3 is 12.1 Å². The van der Waals surface area contributed by atoms with Crippen LogP contribution in [0, 0.1) is 0 Å². The second-order valence-electron chi connectivity index (χ2n) is 5.46. The first-order chi connectivity index (χ1) is 11.6. The number of aryl methyl sites for hydroxylation is 1. The highest BCUT2D eigenvalue weighted by Gasteiger charge is 2.27. The molecule has 1 heterocycles. The van der Waals surface area contributed by atoms with Crippen LogP contribution in [0.2, 0.25) is 0 Å². The van der Waals surface area contributed by atoms with Crippen LogP contribution in [0.1, 0.15) is 17.5 Å². The molecule has 0 saturated heterocycles. The largest absolute Gasteiger partial charge is 0.479 e. The monoisotopic (exact) mass is 327 g/mol. The van der Waals surface area contributed by atoms with Gasteiger partial charge in [-0.15, -0.1) is 0 Å². The molecule has 0 aromatic heterocycles. The number of ether oxygens (including phenoxy) is 2. The fraction of sp³-hybridized carbons (Fsp3) is 0.222. The minimum atomic E-state index is -1.01. The Morgan fingerprint density at radius 2 is 1.96 bits per heavy atom. The van der Waals surface area contributed by atoms with Crippen LogP contribution in [0.5, 0.6) is 5.75 Å². The molecule has 2 N–H and O–H groups in total. The Kier molecular flexibility index (Phi) is 4.65. The zero-order chi connectivity index (χ0) is 16.9. The summed E-state index contributed by atoms with van der Waals surface area (Å²) in [6.45, 7) is 0.153. The Labute approximate surface area is 139 Å². The van der Waals surface area contributed by atoms with E-state index in [1.807, 2.05) is 36.4 Å². The van der Waals surface area contributed by atoms with E-state index in [0.717, 1.165) is 11.1 Å². The number of carbonyl (C=O) groups is 2. The van der Waals surface area contributed by atoms with Crippen molar-refractivity contribution in [3.05, 3.63) is 59.7 Å². The summed E-state index contributed by atoms with van der Waals surface area (Å²) in [5.41, 5.74) is 2.16. The quantitative estimate of drug-likeness (QED) is 0.900. The second-order valence-corrected chi connectivity index (χ2v) is 5.46. The van der Waals surface area contributed by atoms with Crippen LogP contribution in [-0.2, 0) is 22.6 Å². The Balaban J connectivity index is 1.67. The normalized spacial score (nSPS) is 15.8. The van der Waals surface area contributed by atoms with Gasteiger partial charge in [0, 0.05) is 0 Å². The predicted octanol–water partition coefficient (Wildman–Crippen LogP) is 3.21. The topological polar surface area (TPSA) is 84.9 Å². The third kappa shape index (κ3) is 3.65. The van der Waals surface area contributed by atoms with Crippen LogP contribution in [0.4, 0.5) is 10.5 Å². The highest BCUT2D eigenvalue weighted by Crippen LogP contribution is 2.35. The van der Waals surface area contributed by atoms with Crippen LogP contribution in [0.15, 0.2) is 48.5 Å². The Bertz CT molecular complexity index is 744. The second kappa shape index (κ2) is 7.04. The van der Waals surface area contributed by atoms with E-state index in [2.05, 4.69) is 5.32 Å². The highest BCUT2D eigenvalue weighted by atomic mass is 16.5. The van der Waals surface area contributed by atoms with Crippen molar-refractivity contribution in [2.24, 2.45) is 0 Å². The van der Waals surface area contributed by atoms with Gasteiger partial charge in [0.2, 0.25) is 0 Å². The van der Waals surface area contributed by atoms with Gasteiger partial charge in [-0.1, -0.05) is 42.5 Å². The molecule has 3 rings (SSSR count). The molecule has 1 atom stereocenters. The number of fused-ring (bicyclic) bond motifs is 1. The molecule has 24 heavy (non-hydrogen) atoms. The van der Waals surface area contributed by atoms with Crippen molar-refractivity contribution in [1.82, 2.24) is 0 Å². The highest BCUT2D eigenvalue weighted by molar-refractivity contribution is 5.87. The number of benzene rings is 2. The molecule has 1 aliphatic heterocycles. The third-order valence-corrected chi connectivity index (χ3v) is 3.76. The van der Waals surface area contributed by atoms with Gasteiger partial charge in [0.15, 0.2) is 6.10 Å². The summed E-state index contributed by atoms with van der Waals surface area (Å²) in [5.74, 6) is -0.616. The lowest BCUT2D eigenvalue weighted by atomic mass is 10.0. The average Bonchev–Trinajstić information content (AvgIpc) is 2.61. The van der Waals surface area contributed by atoms with Crippen LogP contribution in [0.25, 0.3) is 0 Å². The lowest BCUT2D eigenvalue weighted by molar-refractivity contribution is -0.145. The van der Waals surface area contributed by atoms with Gasteiger partial charge in [0.1, 0.15) is 12.4 Å². The molecule has 0 spiro atoms. The maximum Gasteiger partial charge on any atom is 0.412 e. The number of carbonyl (C=O) groups excluding carboxylic acids is 1. The van der Waals surface area contributed by atoms with E-state index < -0.39 is 18.2 Å². The van der Waals surface area contributed by atoms with E-state index in [0.29, 0.717) is 24.3 Å². The van der Waals surface area contributed by atoms with Gasteiger partial charge < -0.3 is 14.6 Å². The fourth-order valence-electron chi connectivity index (χ4n) is 2.55. The van der Waals surface area contributed by atoms with E-state index in [1.165, 1.54) is 0 Å². The molecule has 0 fully saturated rings. The lowest BCUT2D eigenvalue weighted by Gasteiger charge is -2.25.